The lowest BCUT2D eigenvalue weighted by Gasteiger charge is -2.23. The van der Waals surface area contributed by atoms with E-state index < -0.39 is 10.0 Å². The Bertz CT molecular complexity index is 520. The second-order valence-electron chi connectivity index (χ2n) is 4.34. The molecule has 2 rings (SSSR count). The van der Waals surface area contributed by atoms with E-state index >= 15 is 0 Å². The molecule has 0 aliphatic carbocycles. The molecule has 0 saturated carbocycles. The second-order valence-corrected chi connectivity index (χ2v) is 8.66. The lowest BCUT2D eigenvalue weighted by Crippen LogP contribution is -2.37. The smallest absolute Gasteiger partial charge is 0.207 e. The van der Waals surface area contributed by atoms with Crippen LogP contribution in [0.2, 0.25) is 0 Å². The largest absolute Gasteiger partial charge is 0.244 e. The highest BCUT2D eigenvalue weighted by Gasteiger charge is 2.33. The van der Waals surface area contributed by atoms with Crippen molar-refractivity contribution in [2.75, 3.05) is 18.6 Å². The van der Waals surface area contributed by atoms with Gasteiger partial charge in [-0.3, -0.25) is 0 Å². The van der Waals surface area contributed by atoms with E-state index in [0.717, 1.165) is 28.4 Å². The highest BCUT2D eigenvalue weighted by Crippen LogP contribution is 2.33. The van der Waals surface area contributed by atoms with Crippen molar-refractivity contribution < 1.29 is 8.42 Å². The normalized spacial score (nSPS) is 20.8. The van der Waals surface area contributed by atoms with E-state index in [0.29, 0.717) is 4.90 Å². The van der Waals surface area contributed by atoms with Gasteiger partial charge in [-0.15, -0.1) is 22.9 Å². The Morgan fingerprint density at radius 3 is 2.83 bits per heavy atom. The van der Waals surface area contributed by atoms with Gasteiger partial charge in [0.15, 0.2) is 0 Å². The summed E-state index contributed by atoms with van der Waals surface area (Å²) in [6, 6.07) is 0.113. The molecule has 0 N–H and O–H groups in total. The minimum Gasteiger partial charge on any atom is -0.207 e. The van der Waals surface area contributed by atoms with E-state index in [-0.39, 0.29) is 11.9 Å². The Kier molecular flexibility index (Phi) is 4.65. The molecule has 18 heavy (non-hydrogen) atoms. The number of aryl methyl sites for hydroxylation is 1. The fourth-order valence-corrected chi connectivity index (χ4v) is 6.83. The molecule has 1 aromatic heterocycles. The molecule has 1 aliphatic heterocycles. The summed E-state index contributed by atoms with van der Waals surface area (Å²) in [6.45, 7) is 1.83. The molecule has 1 saturated heterocycles. The average Bonchev–Trinajstić information content (AvgIpc) is 2.96. The standard InChI is InChI=1S/C11H16ClNO2S3/c1-8-6-17-10(5-12)11(8)18(14,15)13(2)9-3-4-16-7-9/h6,9H,3-5,7H2,1-2H3. The first-order valence-corrected chi connectivity index (χ1v) is 9.68. The molecule has 1 atom stereocenters. The summed E-state index contributed by atoms with van der Waals surface area (Å²) in [5.74, 6) is 2.17. The first-order valence-electron chi connectivity index (χ1n) is 5.67. The fourth-order valence-electron chi connectivity index (χ4n) is 2.08. The summed E-state index contributed by atoms with van der Waals surface area (Å²) in [4.78, 5) is 1.16. The summed E-state index contributed by atoms with van der Waals surface area (Å²) < 4.78 is 26.8. The zero-order valence-corrected chi connectivity index (χ0v) is 13.6. The minimum absolute atomic E-state index is 0.113. The number of thiophene rings is 1. The van der Waals surface area contributed by atoms with Crippen LogP contribution in [0.25, 0.3) is 0 Å². The molecule has 7 heteroatoms. The van der Waals surface area contributed by atoms with Gasteiger partial charge in [0.1, 0.15) is 4.90 Å². The van der Waals surface area contributed by atoms with E-state index in [1.165, 1.54) is 15.6 Å². The van der Waals surface area contributed by atoms with E-state index in [2.05, 4.69) is 0 Å². The first-order chi connectivity index (χ1) is 8.48. The predicted octanol–water partition coefficient (Wildman–Crippen LogP) is 2.92. The summed E-state index contributed by atoms with van der Waals surface area (Å²) in [5, 5.41) is 1.86. The Labute approximate surface area is 122 Å². The van der Waals surface area contributed by atoms with Crippen LogP contribution >= 0.6 is 34.7 Å². The number of nitrogens with zero attached hydrogens (tertiary/aromatic N) is 1. The molecule has 3 nitrogen and oxygen atoms in total. The Hall–Kier alpha value is 0.250. The fraction of sp³-hybridized carbons (Fsp3) is 0.636. The van der Waals surface area contributed by atoms with Gasteiger partial charge in [-0.05, 0) is 30.0 Å². The second kappa shape index (κ2) is 5.71. The van der Waals surface area contributed by atoms with Crippen molar-refractivity contribution in [3.63, 3.8) is 0 Å². The Morgan fingerprint density at radius 1 is 1.56 bits per heavy atom. The van der Waals surface area contributed by atoms with Gasteiger partial charge in [-0.2, -0.15) is 16.1 Å². The van der Waals surface area contributed by atoms with Crippen molar-refractivity contribution in [1.29, 1.82) is 0 Å². The number of halogens is 1. The highest BCUT2D eigenvalue weighted by molar-refractivity contribution is 7.99. The molecule has 0 amide bonds. The van der Waals surface area contributed by atoms with Gasteiger partial charge in [0.25, 0.3) is 0 Å². The van der Waals surface area contributed by atoms with Crippen LogP contribution in [-0.4, -0.2) is 37.3 Å². The van der Waals surface area contributed by atoms with Crippen LogP contribution in [0.1, 0.15) is 16.9 Å². The van der Waals surface area contributed by atoms with Crippen molar-refractivity contribution in [2.24, 2.45) is 0 Å². The summed E-state index contributed by atoms with van der Waals surface area (Å²) in [6.07, 6.45) is 0.930. The Balaban J connectivity index is 2.37. The van der Waals surface area contributed by atoms with Crippen molar-refractivity contribution >= 4 is 44.7 Å². The number of hydrogen-bond acceptors (Lipinski definition) is 4. The van der Waals surface area contributed by atoms with Crippen LogP contribution in [0.3, 0.4) is 0 Å². The maximum absolute atomic E-state index is 12.6. The molecule has 1 fully saturated rings. The molecular weight excluding hydrogens is 310 g/mol. The van der Waals surface area contributed by atoms with E-state index in [4.69, 9.17) is 11.6 Å². The number of rotatable bonds is 4. The van der Waals surface area contributed by atoms with Gasteiger partial charge in [0.2, 0.25) is 10.0 Å². The summed E-state index contributed by atoms with van der Waals surface area (Å²) >= 11 is 9.07. The molecule has 102 valence electrons. The third-order valence-electron chi connectivity index (χ3n) is 3.17. The zero-order valence-electron chi connectivity index (χ0n) is 10.3. The molecule has 0 spiro atoms. The van der Waals surface area contributed by atoms with Crippen LogP contribution in [-0.2, 0) is 15.9 Å². The lowest BCUT2D eigenvalue weighted by molar-refractivity contribution is 0.394. The molecule has 1 aromatic rings. The van der Waals surface area contributed by atoms with Crippen molar-refractivity contribution in [3.05, 3.63) is 15.8 Å². The number of alkyl halides is 1. The number of hydrogen-bond donors (Lipinski definition) is 0. The van der Waals surface area contributed by atoms with Crippen molar-refractivity contribution in [1.82, 2.24) is 4.31 Å². The SMILES string of the molecule is Cc1csc(CCl)c1S(=O)(=O)N(C)C1CCSC1. The van der Waals surface area contributed by atoms with E-state index in [9.17, 15) is 8.42 Å². The minimum atomic E-state index is -3.41. The maximum atomic E-state index is 12.6. The van der Waals surface area contributed by atoms with Gasteiger partial charge in [-0.1, -0.05) is 0 Å². The molecule has 0 bridgehead atoms. The van der Waals surface area contributed by atoms with Crippen LogP contribution in [0.15, 0.2) is 10.3 Å². The summed E-state index contributed by atoms with van der Waals surface area (Å²) in [5.41, 5.74) is 0.799. The van der Waals surface area contributed by atoms with Gasteiger partial charge in [0, 0.05) is 23.7 Å². The van der Waals surface area contributed by atoms with Crippen LogP contribution in [0.4, 0.5) is 0 Å². The quantitative estimate of drug-likeness (QED) is 0.799. The van der Waals surface area contributed by atoms with Crippen molar-refractivity contribution in [2.45, 2.75) is 30.2 Å². The van der Waals surface area contributed by atoms with Gasteiger partial charge in [-0.25, -0.2) is 8.42 Å². The third-order valence-corrected chi connectivity index (χ3v) is 8.11. The lowest BCUT2D eigenvalue weighted by atomic mass is 10.3. The number of sulfonamides is 1. The van der Waals surface area contributed by atoms with Crippen molar-refractivity contribution in [3.8, 4) is 0 Å². The molecule has 0 aromatic carbocycles. The van der Waals surface area contributed by atoms with Gasteiger partial charge in [0.05, 0.1) is 5.88 Å². The molecule has 1 aliphatic rings. The molecular formula is C11H16ClNO2S3. The average molecular weight is 326 g/mol. The Morgan fingerprint density at radius 2 is 2.28 bits per heavy atom. The molecule has 2 heterocycles. The van der Waals surface area contributed by atoms with E-state index in [1.807, 2.05) is 24.1 Å². The summed E-state index contributed by atoms with van der Waals surface area (Å²) in [7, 11) is -1.72. The van der Waals surface area contributed by atoms with Crippen LogP contribution in [0, 0.1) is 6.92 Å². The topological polar surface area (TPSA) is 37.4 Å². The van der Waals surface area contributed by atoms with Crippen LogP contribution in [0.5, 0.6) is 0 Å². The number of thioether (sulfide) groups is 1. The molecule has 0 radical (unpaired) electrons. The van der Waals surface area contributed by atoms with Gasteiger partial charge < -0.3 is 0 Å². The predicted molar refractivity (Wildman–Crippen MR) is 79.3 cm³/mol. The zero-order chi connectivity index (χ0) is 13.3. The molecule has 1 unspecified atom stereocenters. The first kappa shape index (κ1) is 14.7. The van der Waals surface area contributed by atoms with Gasteiger partial charge >= 0.3 is 0 Å². The third kappa shape index (κ3) is 2.58. The maximum Gasteiger partial charge on any atom is 0.244 e. The van der Waals surface area contributed by atoms with Crippen LogP contribution < -0.4 is 0 Å². The highest BCUT2D eigenvalue weighted by atomic mass is 35.5. The monoisotopic (exact) mass is 325 g/mol. The van der Waals surface area contributed by atoms with E-state index in [1.54, 1.807) is 7.05 Å².